The Morgan fingerprint density at radius 2 is 1.95 bits per heavy atom. The van der Waals surface area contributed by atoms with Crippen molar-refractivity contribution in [2.24, 2.45) is 5.84 Å². The molecule has 1 unspecified atom stereocenters. The molecule has 1 aliphatic heterocycles. The number of ether oxygens (including phenoxy) is 2. The van der Waals surface area contributed by atoms with E-state index in [4.69, 9.17) is 38.5 Å². The number of halogens is 2. The quantitative estimate of drug-likeness (QED) is 0.647. The summed E-state index contributed by atoms with van der Waals surface area (Å²) in [6.45, 7) is 1.34. The fourth-order valence-corrected chi connectivity index (χ4v) is 3.29. The van der Waals surface area contributed by atoms with Gasteiger partial charge in [-0.05, 0) is 24.1 Å². The molecule has 1 aromatic carbocycles. The van der Waals surface area contributed by atoms with E-state index in [2.05, 4.69) is 5.43 Å². The predicted molar refractivity (Wildman–Crippen MR) is 81.1 cm³/mol. The van der Waals surface area contributed by atoms with Crippen LogP contribution in [0, 0.1) is 0 Å². The molecule has 0 spiro atoms. The number of nitrogens with one attached hydrogen (secondary N) is 1. The number of benzene rings is 1. The van der Waals surface area contributed by atoms with Gasteiger partial charge in [0.25, 0.3) is 0 Å². The van der Waals surface area contributed by atoms with Gasteiger partial charge in [-0.15, -0.1) is 0 Å². The molecule has 2 rings (SSSR count). The van der Waals surface area contributed by atoms with E-state index in [1.165, 1.54) is 0 Å². The van der Waals surface area contributed by atoms with Crippen LogP contribution < -0.4 is 11.3 Å². The van der Waals surface area contributed by atoms with E-state index >= 15 is 0 Å². The van der Waals surface area contributed by atoms with Crippen LogP contribution in [-0.4, -0.2) is 32.0 Å². The third-order valence-electron chi connectivity index (χ3n) is 4.05. The van der Waals surface area contributed by atoms with Crippen LogP contribution in [0.3, 0.4) is 0 Å². The van der Waals surface area contributed by atoms with Gasteiger partial charge in [0.15, 0.2) is 0 Å². The van der Waals surface area contributed by atoms with Crippen molar-refractivity contribution >= 4 is 23.2 Å². The molecule has 112 valence electrons. The second-order valence-corrected chi connectivity index (χ2v) is 5.82. The van der Waals surface area contributed by atoms with E-state index in [0.717, 1.165) is 18.4 Å². The molecule has 1 fully saturated rings. The Kier molecular flexibility index (Phi) is 5.66. The normalized spacial score (nSPS) is 19.8. The molecule has 4 nitrogen and oxygen atoms in total. The number of nitrogens with two attached hydrogens (primary N) is 1. The van der Waals surface area contributed by atoms with Crippen LogP contribution in [0.1, 0.15) is 18.4 Å². The minimum Gasteiger partial charge on any atom is -0.381 e. The van der Waals surface area contributed by atoms with E-state index in [1.54, 1.807) is 7.11 Å². The van der Waals surface area contributed by atoms with E-state index < -0.39 is 0 Å². The molecule has 6 heteroatoms. The first-order valence-corrected chi connectivity index (χ1v) is 7.40. The van der Waals surface area contributed by atoms with Crippen LogP contribution in [0.5, 0.6) is 0 Å². The first-order valence-electron chi connectivity index (χ1n) is 6.65. The Hall–Kier alpha value is -0.360. The second kappa shape index (κ2) is 7.07. The Balaban J connectivity index is 2.23. The van der Waals surface area contributed by atoms with Crippen molar-refractivity contribution in [3.05, 3.63) is 33.8 Å². The summed E-state index contributed by atoms with van der Waals surface area (Å²) in [5.41, 5.74) is 3.41. The van der Waals surface area contributed by atoms with E-state index in [9.17, 15) is 0 Å². The van der Waals surface area contributed by atoms with Crippen LogP contribution >= 0.6 is 23.2 Å². The summed E-state index contributed by atoms with van der Waals surface area (Å²) in [6.07, 6.45) is 2.20. The average molecular weight is 319 g/mol. The molecule has 0 aromatic heterocycles. The van der Waals surface area contributed by atoms with Gasteiger partial charge < -0.3 is 9.47 Å². The van der Waals surface area contributed by atoms with E-state index in [0.29, 0.717) is 29.7 Å². The van der Waals surface area contributed by atoms with Crippen LogP contribution in [0.15, 0.2) is 18.2 Å². The number of hydrogen-bond donors (Lipinski definition) is 2. The molecule has 3 N–H and O–H groups in total. The van der Waals surface area contributed by atoms with Gasteiger partial charge in [0.05, 0.1) is 11.6 Å². The number of methoxy groups -OCH3 is 1. The summed E-state index contributed by atoms with van der Waals surface area (Å²) in [6, 6.07) is 5.42. The highest BCUT2D eigenvalue weighted by molar-refractivity contribution is 6.36. The van der Waals surface area contributed by atoms with Gasteiger partial charge in [-0.25, -0.2) is 0 Å². The highest BCUT2D eigenvalue weighted by Gasteiger charge is 2.40. The summed E-state index contributed by atoms with van der Waals surface area (Å²) in [5.74, 6) is 5.76. The molecule has 0 bridgehead atoms. The highest BCUT2D eigenvalue weighted by Crippen LogP contribution is 2.33. The summed E-state index contributed by atoms with van der Waals surface area (Å²) in [5, 5.41) is 1.30. The van der Waals surface area contributed by atoms with Crippen LogP contribution in [0.2, 0.25) is 10.0 Å². The standard InChI is InChI=1S/C14H20Cl2N2O2/c1-19-14(5-7-20-8-6-14)13(18-17)9-10-11(15)3-2-4-12(10)16/h2-4,13,18H,5-9,17H2,1H3. The lowest BCUT2D eigenvalue weighted by molar-refractivity contribution is -0.110. The van der Waals surface area contributed by atoms with Crippen LogP contribution in [0.4, 0.5) is 0 Å². The van der Waals surface area contributed by atoms with Gasteiger partial charge in [-0.3, -0.25) is 11.3 Å². The van der Waals surface area contributed by atoms with Crippen molar-refractivity contribution in [2.45, 2.75) is 30.9 Å². The predicted octanol–water partition coefficient (Wildman–Crippen LogP) is 2.56. The molecule has 0 amide bonds. The van der Waals surface area contributed by atoms with Crippen LogP contribution in [0.25, 0.3) is 0 Å². The Bertz CT molecular complexity index is 431. The fraction of sp³-hybridized carbons (Fsp3) is 0.571. The first-order chi connectivity index (χ1) is 9.63. The van der Waals surface area contributed by atoms with E-state index in [1.807, 2.05) is 18.2 Å². The second-order valence-electron chi connectivity index (χ2n) is 5.00. The molecule has 0 radical (unpaired) electrons. The lowest BCUT2D eigenvalue weighted by atomic mass is 9.83. The van der Waals surface area contributed by atoms with Crippen molar-refractivity contribution in [2.75, 3.05) is 20.3 Å². The van der Waals surface area contributed by atoms with Crippen LogP contribution in [-0.2, 0) is 15.9 Å². The third-order valence-corrected chi connectivity index (χ3v) is 4.76. The maximum atomic E-state index is 6.24. The SMILES string of the molecule is COC1(C(Cc2c(Cl)cccc2Cl)NN)CCOCC1. The molecule has 1 aromatic rings. The summed E-state index contributed by atoms with van der Waals surface area (Å²) >= 11 is 12.5. The summed E-state index contributed by atoms with van der Waals surface area (Å²) in [4.78, 5) is 0. The fourth-order valence-electron chi connectivity index (χ4n) is 2.74. The molecule has 0 saturated carbocycles. The lowest BCUT2D eigenvalue weighted by Gasteiger charge is -2.42. The molecular weight excluding hydrogens is 299 g/mol. The number of hydrogen-bond acceptors (Lipinski definition) is 4. The molecule has 0 aliphatic carbocycles. The maximum absolute atomic E-state index is 6.24. The zero-order valence-electron chi connectivity index (χ0n) is 11.5. The minimum absolute atomic E-state index is 0.0752. The van der Waals surface area contributed by atoms with Crippen molar-refractivity contribution in [3.63, 3.8) is 0 Å². The Morgan fingerprint density at radius 3 is 2.45 bits per heavy atom. The summed E-state index contributed by atoms with van der Waals surface area (Å²) < 4.78 is 11.2. The minimum atomic E-state index is -0.352. The largest absolute Gasteiger partial charge is 0.381 e. The molecule has 1 saturated heterocycles. The van der Waals surface area contributed by atoms with Gasteiger partial charge in [0.1, 0.15) is 0 Å². The van der Waals surface area contributed by atoms with Crippen molar-refractivity contribution in [3.8, 4) is 0 Å². The first kappa shape index (κ1) is 16.0. The van der Waals surface area contributed by atoms with Crippen molar-refractivity contribution in [1.29, 1.82) is 0 Å². The molecule has 20 heavy (non-hydrogen) atoms. The van der Waals surface area contributed by atoms with E-state index in [-0.39, 0.29) is 11.6 Å². The third kappa shape index (κ3) is 3.27. The van der Waals surface area contributed by atoms with Gasteiger partial charge in [0, 0.05) is 43.2 Å². The zero-order valence-corrected chi connectivity index (χ0v) is 13.0. The Morgan fingerprint density at radius 1 is 1.35 bits per heavy atom. The highest BCUT2D eigenvalue weighted by atomic mass is 35.5. The van der Waals surface area contributed by atoms with Crippen molar-refractivity contribution in [1.82, 2.24) is 5.43 Å². The number of rotatable bonds is 5. The molecule has 1 heterocycles. The van der Waals surface area contributed by atoms with Crippen molar-refractivity contribution < 1.29 is 9.47 Å². The monoisotopic (exact) mass is 318 g/mol. The number of hydrazine groups is 1. The smallest absolute Gasteiger partial charge is 0.0891 e. The maximum Gasteiger partial charge on any atom is 0.0891 e. The van der Waals surface area contributed by atoms with Gasteiger partial charge in [-0.2, -0.15) is 0 Å². The molecule has 1 atom stereocenters. The molecular formula is C14H20Cl2N2O2. The van der Waals surface area contributed by atoms with Gasteiger partial charge in [0.2, 0.25) is 0 Å². The van der Waals surface area contributed by atoms with Gasteiger partial charge >= 0.3 is 0 Å². The topological polar surface area (TPSA) is 56.5 Å². The average Bonchev–Trinajstić information content (AvgIpc) is 2.48. The zero-order chi connectivity index (χ0) is 14.6. The summed E-state index contributed by atoms with van der Waals surface area (Å²) in [7, 11) is 1.71. The molecule has 1 aliphatic rings. The lowest BCUT2D eigenvalue weighted by Crippen LogP contribution is -2.58. The Labute approximate surface area is 129 Å². The van der Waals surface area contributed by atoms with Gasteiger partial charge in [-0.1, -0.05) is 29.3 Å².